The zero-order valence-electron chi connectivity index (χ0n) is 13.4. The Morgan fingerprint density at radius 1 is 1.17 bits per heavy atom. The third-order valence-electron chi connectivity index (χ3n) is 2.95. The molecule has 1 amide bonds. The smallest absolute Gasteiger partial charge is 0.339 e. The van der Waals surface area contributed by atoms with Crippen LogP contribution in [0.15, 0.2) is 29.2 Å². The number of amides is 1. The molecule has 132 valence electrons. The highest BCUT2D eigenvalue weighted by molar-refractivity contribution is 7.90. The van der Waals surface area contributed by atoms with E-state index in [2.05, 4.69) is 10.1 Å². The second kappa shape index (κ2) is 9.02. The number of hydrogen-bond acceptors (Lipinski definition) is 7. The van der Waals surface area contributed by atoms with Crippen molar-refractivity contribution in [3.8, 4) is 0 Å². The van der Waals surface area contributed by atoms with E-state index in [0.717, 1.165) is 6.26 Å². The zero-order valence-corrected chi connectivity index (χ0v) is 14.2. The monoisotopic (exact) mass is 357 g/mol. The number of nitrogens with one attached hydrogen (secondary N) is 1. The number of benzene rings is 1. The van der Waals surface area contributed by atoms with E-state index in [1.807, 2.05) is 0 Å². The molecule has 0 fully saturated rings. The summed E-state index contributed by atoms with van der Waals surface area (Å²) in [6.07, 6.45) is 1.54. The average Bonchev–Trinajstić information content (AvgIpc) is 2.55. The van der Waals surface area contributed by atoms with Crippen molar-refractivity contribution in [3.05, 3.63) is 29.8 Å². The molecule has 1 rings (SSSR count). The highest BCUT2D eigenvalue weighted by Crippen LogP contribution is 2.16. The summed E-state index contributed by atoms with van der Waals surface area (Å²) < 4.78 is 32.5. The van der Waals surface area contributed by atoms with Gasteiger partial charge in [-0.3, -0.25) is 9.59 Å². The van der Waals surface area contributed by atoms with Crippen molar-refractivity contribution >= 4 is 27.7 Å². The predicted molar refractivity (Wildman–Crippen MR) is 84.1 cm³/mol. The van der Waals surface area contributed by atoms with E-state index in [1.54, 1.807) is 0 Å². The van der Waals surface area contributed by atoms with Crippen molar-refractivity contribution in [2.45, 2.75) is 17.7 Å². The molecule has 0 saturated carbocycles. The van der Waals surface area contributed by atoms with Crippen molar-refractivity contribution in [2.24, 2.45) is 0 Å². The maximum absolute atomic E-state index is 11.9. The quantitative estimate of drug-likeness (QED) is 0.526. The van der Waals surface area contributed by atoms with Crippen molar-refractivity contribution < 1.29 is 32.3 Å². The lowest BCUT2D eigenvalue weighted by Crippen LogP contribution is -2.30. The van der Waals surface area contributed by atoms with E-state index in [0.29, 0.717) is 6.42 Å². The summed E-state index contributed by atoms with van der Waals surface area (Å²) in [4.78, 5) is 34.2. The van der Waals surface area contributed by atoms with Crippen molar-refractivity contribution in [1.29, 1.82) is 0 Å². The van der Waals surface area contributed by atoms with Gasteiger partial charge in [-0.05, 0) is 18.6 Å². The van der Waals surface area contributed by atoms with Gasteiger partial charge in [0.15, 0.2) is 16.4 Å². The lowest BCUT2D eigenvalue weighted by Gasteiger charge is -2.08. The highest BCUT2D eigenvalue weighted by atomic mass is 32.2. The molecular formula is C15H19NO7S. The van der Waals surface area contributed by atoms with Gasteiger partial charge in [-0.15, -0.1) is 0 Å². The summed E-state index contributed by atoms with van der Waals surface area (Å²) in [7, 11) is -2.32. The van der Waals surface area contributed by atoms with Crippen LogP contribution in [0.2, 0.25) is 0 Å². The van der Waals surface area contributed by atoms with Crippen LogP contribution < -0.4 is 5.32 Å². The van der Waals surface area contributed by atoms with Crippen molar-refractivity contribution in [3.63, 3.8) is 0 Å². The first-order valence-electron chi connectivity index (χ1n) is 7.05. The molecule has 1 aromatic rings. The zero-order chi connectivity index (χ0) is 18.2. The first kappa shape index (κ1) is 19.6. The minimum Gasteiger partial charge on any atom is -0.469 e. The lowest BCUT2D eigenvalue weighted by atomic mass is 10.2. The van der Waals surface area contributed by atoms with Crippen LogP contribution in [-0.2, 0) is 28.9 Å². The Bertz CT molecular complexity index is 712. The molecular weight excluding hydrogens is 338 g/mol. The second-order valence-electron chi connectivity index (χ2n) is 4.87. The van der Waals surface area contributed by atoms with Crippen LogP contribution in [0.5, 0.6) is 0 Å². The Labute approximate surface area is 140 Å². The molecule has 8 nitrogen and oxygen atoms in total. The fourth-order valence-corrected chi connectivity index (χ4v) is 2.66. The number of ether oxygens (including phenoxy) is 2. The van der Waals surface area contributed by atoms with Crippen LogP contribution in [0.4, 0.5) is 0 Å². The van der Waals surface area contributed by atoms with E-state index in [9.17, 15) is 22.8 Å². The number of esters is 2. The molecule has 0 saturated heterocycles. The molecule has 0 aliphatic rings. The van der Waals surface area contributed by atoms with Crippen LogP contribution in [0.1, 0.15) is 23.2 Å². The maximum atomic E-state index is 11.9. The number of methoxy groups -OCH3 is 1. The molecule has 0 bridgehead atoms. The van der Waals surface area contributed by atoms with E-state index >= 15 is 0 Å². The number of carbonyl (C=O) groups excluding carboxylic acids is 3. The van der Waals surface area contributed by atoms with Gasteiger partial charge in [-0.1, -0.05) is 12.1 Å². The SMILES string of the molecule is COC(=O)CCCNC(=O)COC(=O)c1ccccc1S(C)(=O)=O. The Balaban J connectivity index is 2.50. The Morgan fingerprint density at radius 2 is 1.83 bits per heavy atom. The van der Waals surface area contributed by atoms with Crippen LogP contribution in [-0.4, -0.2) is 52.8 Å². The molecule has 0 atom stereocenters. The Kier molecular flexibility index (Phi) is 7.37. The molecule has 0 unspecified atom stereocenters. The normalized spacial score (nSPS) is 10.8. The van der Waals surface area contributed by atoms with Gasteiger partial charge in [0.05, 0.1) is 17.6 Å². The summed E-state index contributed by atoms with van der Waals surface area (Å²) in [6, 6.07) is 5.59. The van der Waals surface area contributed by atoms with Gasteiger partial charge < -0.3 is 14.8 Å². The summed E-state index contributed by atoms with van der Waals surface area (Å²) >= 11 is 0. The Hall–Kier alpha value is -2.42. The van der Waals surface area contributed by atoms with Crippen molar-refractivity contribution in [1.82, 2.24) is 5.32 Å². The van der Waals surface area contributed by atoms with Crippen molar-refractivity contribution in [2.75, 3.05) is 26.5 Å². The van der Waals surface area contributed by atoms with Gasteiger partial charge in [-0.25, -0.2) is 13.2 Å². The molecule has 1 N–H and O–H groups in total. The fourth-order valence-electron chi connectivity index (χ4n) is 1.78. The van der Waals surface area contributed by atoms with Crippen LogP contribution in [0.3, 0.4) is 0 Å². The molecule has 0 radical (unpaired) electrons. The number of carbonyl (C=O) groups is 3. The third-order valence-corrected chi connectivity index (χ3v) is 4.10. The van der Waals surface area contributed by atoms with E-state index < -0.39 is 28.3 Å². The highest BCUT2D eigenvalue weighted by Gasteiger charge is 2.19. The Morgan fingerprint density at radius 3 is 2.46 bits per heavy atom. The van der Waals surface area contributed by atoms with Crippen LogP contribution in [0, 0.1) is 0 Å². The first-order valence-corrected chi connectivity index (χ1v) is 8.94. The van der Waals surface area contributed by atoms with Gasteiger partial charge in [0, 0.05) is 19.2 Å². The van der Waals surface area contributed by atoms with Gasteiger partial charge in [-0.2, -0.15) is 0 Å². The molecule has 1 aromatic carbocycles. The topological polar surface area (TPSA) is 116 Å². The maximum Gasteiger partial charge on any atom is 0.339 e. The summed E-state index contributed by atoms with van der Waals surface area (Å²) in [5, 5.41) is 2.47. The summed E-state index contributed by atoms with van der Waals surface area (Å²) in [5.41, 5.74) is -0.126. The molecule has 0 aliphatic heterocycles. The van der Waals surface area contributed by atoms with E-state index in [-0.39, 0.29) is 29.4 Å². The summed E-state index contributed by atoms with van der Waals surface area (Å²) in [5.74, 6) is -1.83. The minimum absolute atomic E-state index is 0.126. The van der Waals surface area contributed by atoms with E-state index in [4.69, 9.17) is 4.74 Å². The van der Waals surface area contributed by atoms with Gasteiger partial charge >= 0.3 is 11.9 Å². The largest absolute Gasteiger partial charge is 0.469 e. The second-order valence-corrected chi connectivity index (χ2v) is 6.86. The fraction of sp³-hybridized carbons (Fsp3) is 0.400. The minimum atomic E-state index is -3.59. The molecule has 0 aliphatic carbocycles. The van der Waals surface area contributed by atoms with Gasteiger partial charge in [0.1, 0.15) is 0 Å². The third kappa shape index (κ3) is 6.37. The lowest BCUT2D eigenvalue weighted by molar-refractivity contribution is -0.140. The van der Waals surface area contributed by atoms with Gasteiger partial charge in [0.25, 0.3) is 5.91 Å². The first-order chi connectivity index (χ1) is 11.3. The molecule has 0 spiro atoms. The number of rotatable bonds is 8. The molecule has 24 heavy (non-hydrogen) atoms. The van der Waals surface area contributed by atoms with Crippen LogP contribution in [0.25, 0.3) is 0 Å². The number of hydrogen-bond donors (Lipinski definition) is 1. The molecule has 0 heterocycles. The van der Waals surface area contributed by atoms with Crippen LogP contribution >= 0.6 is 0 Å². The standard InChI is InChI=1S/C15H19NO7S/c1-22-14(18)8-5-9-16-13(17)10-23-15(19)11-6-3-4-7-12(11)24(2,20)21/h3-4,6-7H,5,8-10H2,1-2H3,(H,16,17). The molecule has 9 heteroatoms. The number of sulfone groups is 1. The average molecular weight is 357 g/mol. The molecule has 0 aromatic heterocycles. The van der Waals surface area contributed by atoms with E-state index in [1.165, 1.54) is 31.4 Å². The predicted octanol–water partition coefficient (Wildman–Crippen LogP) is 0.316. The van der Waals surface area contributed by atoms with Gasteiger partial charge in [0.2, 0.25) is 0 Å². The summed E-state index contributed by atoms with van der Waals surface area (Å²) in [6.45, 7) is -0.319.